The molecule has 1 aromatic heterocycles. The third-order valence-corrected chi connectivity index (χ3v) is 7.41. The maximum atomic E-state index is 13.5. The Balaban J connectivity index is 1.58. The summed E-state index contributed by atoms with van der Waals surface area (Å²) in [6.45, 7) is 0.772. The van der Waals surface area contributed by atoms with Gasteiger partial charge in [0.05, 0.1) is 23.2 Å². The van der Waals surface area contributed by atoms with Crippen molar-refractivity contribution >= 4 is 40.5 Å². The van der Waals surface area contributed by atoms with Crippen LogP contribution in [0.15, 0.2) is 46.9 Å². The van der Waals surface area contributed by atoms with Crippen molar-refractivity contribution in [3.8, 4) is 0 Å². The third kappa shape index (κ3) is 5.05. The molecule has 170 valence electrons. The fourth-order valence-electron chi connectivity index (χ4n) is 4.45. The van der Waals surface area contributed by atoms with Crippen LogP contribution in [0.2, 0.25) is 5.02 Å². The predicted octanol–water partition coefficient (Wildman–Crippen LogP) is 4.74. The first kappa shape index (κ1) is 23.0. The summed E-state index contributed by atoms with van der Waals surface area (Å²) < 4.78 is 5.20. The topological polar surface area (TPSA) is 62.2 Å². The van der Waals surface area contributed by atoms with Crippen LogP contribution in [0, 0.1) is 5.92 Å². The van der Waals surface area contributed by atoms with Gasteiger partial charge in [-0.2, -0.15) is 5.10 Å². The summed E-state index contributed by atoms with van der Waals surface area (Å²) in [5.41, 5.74) is 1.73. The normalized spacial score (nSPS) is 18.8. The maximum absolute atomic E-state index is 13.5. The van der Waals surface area contributed by atoms with E-state index in [1.807, 2.05) is 41.8 Å². The fraction of sp³-hybridized carbons (Fsp3) is 0.458. The summed E-state index contributed by atoms with van der Waals surface area (Å²) in [6, 6.07) is 11.3. The van der Waals surface area contributed by atoms with Gasteiger partial charge in [0.1, 0.15) is 6.54 Å². The zero-order valence-corrected chi connectivity index (χ0v) is 19.8. The number of carbonyl (C=O) groups is 2. The predicted molar refractivity (Wildman–Crippen MR) is 127 cm³/mol. The van der Waals surface area contributed by atoms with Crippen LogP contribution in [-0.4, -0.2) is 54.2 Å². The summed E-state index contributed by atoms with van der Waals surface area (Å²) in [4.78, 5) is 29.3. The molecule has 0 N–H and O–H groups in total. The third-order valence-electron chi connectivity index (χ3n) is 6.14. The number of carbonyl (C=O) groups excluding carboxylic acids is 2. The Bertz CT molecular complexity index is 973. The molecule has 0 saturated heterocycles. The highest BCUT2D eigenvalue weighted by Crippen LogP contribution is 2.37. The lowest BCUT2D eigenvalue weighted by atomic mass is 10.0. The molecular formula is C24H28ClN3O3S. The fourth-order valence-corrected chi connectivity index (χ4v) is 5.44. The average molecular weight is 474 g/mol. The second kappa shape index (κ2) is 10.6. The number of nitrogens with zero attached hydrogens (tertiary/aromatic N) is 3. The Morgan fingerprint density at radius 3 is 2.69 bits per heavy atom. The molecule has 1 fully saturated rings. The van der Waals surface area contributed by atoms with Crippen LogP contribution < -0.4 is 0 Å². The Kier molecular flexibility index (Phi) is 7.60. The molecule has 2 aliphatic rings. The minimum Gasteiger partial charge on any atom is -0.383 e. The van der Waals surface area contributed by atoms with Crippen molar-refractivity contribution in [3.63, 3.8) is 0 Å². The van der Waals surface area contributed by atoms with Crippen LogP contribution in [0.4, 0.5) is 0 Å². The van der Waals surface area contributed by atoms with E-state index in [-0.39, 0.29) is 30.3 Å². The van der Waals surface area contributed by atoms with Crippen molar-refractivity contribution in [1.29, 1.82) is 0 Å². The first-order valence-electron chi connectivity index (χ1n) is 11.0. The number of methoxy groups -OCH3 is 1. The van der Waals surface area contributed by atoms with Gasteiger partial charge in [-0.1, -0.05) is 48.7 Å². The van der Waals surface area contributed by atoms with E-state index < -0.39 is 0 Å². The highest BCUT2D eigenvalue weighted by molar-refractivity contribution is 7.12. The number of hydrazone groups is 1. The summed E-state index contributed by atoms with van der Waals surface area (Å²) in [6.07, 6.45) is 4.51. The van der Waals surface area contributed by atoms with Gasteiger partial charge >= 0.3 is 0 Å². The summed E-state index contributed by atoms with van der Waals surface area (Å²) in [5, 5.41) is 8.84. The van der Waals surface area contributed by atoms with Crippen molar-refractivity contribution < 1.29 is 14.3 Å². The van der Waals surface area contributed by atoms with Gasteiger partial charge in [0, 0.05) is 31.0 Å². The number of hydrogen-bond donors (Lipinski definition) is 0. The number of thiophene rings is 1. The molecule has 1 aliphatic carbocycles. The number of benzene rings is 1. The Hall–Kier alpha value is -2.22. The molecule has 32 heavy (non-hydrogen) atoms. The van der Waals surface area contributed by atoms with Crippen molar-refractivity contribution in [3.05, 3.63) is 57.2 Å². The Labute approximate surface area is 197 Å². The standard InChI is InChI=1S/C24H28ClN3O3S/c1-31-13-12-27(24(30)17-7-2-3-8-17)16-23(29)28-21(18-9-4-5-10-19(18)25)15-20(26-28)22-11-6-14-32-22/h4-6,9-11,14,17,21H,2-3,7-8,12-13,15-16H2,1H3/t21-/m1/s1. The largest absolute Gasteiger partial charge is 0.383 e. The molecule has 6 nitrogen and oxygen atoms in total. The van der Waals surface area contributed by atoms with Crippen LogP contribution in [0.3, 0.4) is 0 Å². The molecule has 0 radical (unpaired) electrons. The smallest absolute Gasteiger partial charge is 0.262 e. The lowest BCUT2D eigenvalue weighted by molar-refractivity contribution is -0.144. The van der Waals surface area contributed by atoms with E-state index in [1.54, 1.807) is 23.3 Å². The van der Waals surface area contributed by atoms with Gasteiger partial charge in [-0.15, -0.1) is 11.3 Å². The molecule has 2 heterocycles. The maximum Gasteiger partial charge on any atom is 0.262 e. The highest BCUT2D eigenvalue weighted by Gasteiger charge is 2.36. The molecule has 2 aromatic rings. The van der Waals surface area contributed by atoms with Gasteiger partial charge in [-0.3, -0.25) is 9.59 Å². The van der Waals surface area contributed by atoms with E-state index in [0.29, 0.717) is 24.6 Å². The summed E-state index contributed by atoms with van der Waals surface area (Å²) in [7, 11) is 1.60. The van der Waals surface area contributed by atoms with E-state index >= 15 is 0 Å². The molecule has 8 heteroatoms. The van der Waals surface area contributed by atoms with Gasteiger partial charge in [0.25, 0.3) is 5.91 Å². The highest BCUT2D eigenvalue weighted by atomic mass is 35.5. The van der Waals surface area contributed by atoms with Gasteiger partial charge < -0.3 is 9.64 Å². The summed E-state index contributed by atoms with van der Waals surface area (Å²) in [5.74, 6) is -0.157. The van der Waals surface area contributed by atoms with Crippen LogP contribution in [0.5, 0.6) is 0 Å². The lowest BCUT2D eigenvalue weighted by Crippen LogP contribution is -2.44. The van der Waals surface area contributed by atoms with Crippen molar-refractivity contribution in [2.45, 2.75) is 38.1 Å². The Morgan fingerprint density at radius 2 is 2.00 bits per heavy atom. The van der Waals surface area contributed by atoms with E-state index in [9.17, 15) is 9.59 Å². The van der Waals surface area contributed by atoms with Crippen LogP contribution in [-0.2, 0) is 14.3 Å². The van der Waals surface area contributed by atoms with E-state index in [2.05, 4.69) is 0 Å². The molecule has 4 rings (SSSR count). The first-order chi connectivity index (χ1) is 15.6. The lowest BCUT2D eigenvalue weighted by Gasteiger charge is -2.28. The van der Waals surface area contributed by atoms with Crippen LogP contribution in [0.25, 0.3) is 0 Å². The van der Waals surface area contributed by atoms with Crippen LogP contribution >= 0.6 is 22.9 Å². The van der Waals surface area contributed by atoms with Gasteiger partial charge in [-0.05, 0) is 35.9 Å². The van der Waals surface area contributed by atoms with Gasteiger partial charge in [0.2, 0.25) is 5.91 Å². The number of ether oxygens (including phenoxy) is 1. The second-order valence-corrected chi connectivity index (χ2v) is 9.59. The average Bonchev–Trinajstić information content (AvgIpc) is 3.57. The van der Waals surface area contributed by atoms with E-state index in [1.165, 1.54) is 5.01 Å². The molecule has 1 atom stereocenters. The monoisotopic (exact) mass is 473 g/mol. The molecule has 0 bridgehead atoms. The van der Waals surface area contributed by atoms with E-state index in [4.69, 9.17) is 21.4 Å². The zero-order valence-electron chi connectivity index (χ0n) is 18.2. The molecule has 0 unspecified atom stereocenters. The van der Waals surface area contributed by atoms with Crippen molar-refractivity contribution in [2.24, 2.45) is 11.0 Å². The molecular weight excluding hydrogens is 446 g/mol. The SMILES string of the molecule is COCCN(CC(=O)N1N=C(c2cccs2)C[C@@H]1c1ccccc1Cl)C(=O)C1CCCC1. The molecule has 1 aliphatic heterocycles. The number of hydrogen-bond acceptors (Lipinski definition) is 5. The first-order valence-corrected chi connectivity index (χ1v) is 12.3. The Morgan fingerprint density at radius 1 is 1.22 bits per heavy atom. The zero-order chi connectivity index (χ0) is 22.5. The second-order valence-electron chi connectivity index (χ2n) is 8.24. The molecule has 1 saturated carbocycles. The van der Waals surface area contributed by atoms with E-state index in [0.717, 1.165) is 41.8 Å². The number of halogens is 1. The minimum absolute atomic E-state index is 0.00257. The van der Waals surface area contributed by atoms with Crippen molar-refractivity contribution in [1.82, 2.24) is 9.91 Å². The van der Waals surface area contributed by atoms with Gasteiger partial charge in [0.15, 0.2) is 0 Å². The minimum atomic E-state index is -0.292. The number of rotatable bonds is 8. The quantitative estimate of drug-likeness (QED) is 0.556. The van der Waals surface area contributed by atoms with Gasteiger partial charge in [-0.25, -0.2) is 5.01 Å². The van der Waals surface area contributed by atoms with Crippen LogP contribution in [0.1, 0.15) is 48.6 Å². The molecule has 0 spiro atoms. The summed E-state index contributed by atoms with van der Waals surface area (Å²) >= 11 is 8.09. The van der Waals surface area contributed by atoms with Crippen molar-refractivity contribution in [2.75, 3.05) is 26.8 Å². The number of amides is 2. The molecule has 2 amide bonds. The molecule has 1 aromatic carbocycles.